The highest BCUT2D eigenvalue weighted by Gasteiger charge is 2.30. The minimum absolute atomic E-state index is 0.552. The van der Waals surface area contributed by atoms with Crippen molar-refractivity contribution in [3.63, 3.8) is 0 Å². The average Bonchev–Trinajstić information content (AvgIpc) is 2.38. The van der Waals surface area contributed by atoms with Crippen LogP contribution in [-0.2, 0) is 0 Å². The molecule has 2 rings (SSSR count). The highest BCUT2D eigenvalue weighted by molar-refractivity contribution is 5.49. The molecule has 0 radical (unpaired) electrons. The first-order valence-corrected chi connectivity index (χ1v) is 7.55. The van der Waals surface area contributed by atoms with Gasteiger partial charge in [0.15, 0.2) is 0 Å². The first-order chi connectivity index (χ1) is 9.69. The van der Waals surface area contributed by atoms with E-state index in [2.05, 4.69) is 37.4 Å². The highest BCUT2D eigenvalue weighted by atomic mass is 16.5. The summed E-state index contributed by atoms with van der Waals surface area (Å²) in [6.07, 6.45) is 3.87. The molecule has 3 nitrogen and oxygen atoms in total. The van der Waals surface area contributed by atoms with Crippen LogP contribution in [0.2, 0.25) is 0 Å². The molecule has 1 fully saturated rings. The van der Waals surface area contributed by atoms with Crippen molar-refractivity contribution in [3.05, 3.63) is 24.3 Å². The summed E-state index contributed by atoms with van der Waals surface area (Å²) in [4.78, 5) is 0. The molecule has 0 spiro atoms. The molecule has 1 aliphatic rings. The van der Waals surface area contributed by atoms with Gasteiger partial charge >= 0.3 is 0 Å². The summed E-state index contributed by atoms with van der Waals surface area (Å²) < 4.78 is 5.65. The molecule has 0 bridgehead atoms. The molecule has 1 aromatic carbocycles. The van der Waals surface area contributed by atoms with Crippen molar-refractivity contribution in [1.82, 2.24) is 0 Å². The molecule has 3 heteroatoms. The van der Waals surface area contributed by atoms with Gasteiger partial charge < -0.3 is 10.1 Å². The summed E-state index contributed by atoms with van der Waals surface area (Å²) in [5.41, 5.74) is 1.13. The molecular formula is C17H24N2O. The number of ether oxygens (including phenoxy) is 1. The molecule has 0 atom stereocenters. The third-order valence-corrected chi connectivity index (χ3v) is 4.02. The Bertz CT molecular complexity index is 458. The van der Waals surface area contributed by atoms with Gasteiger partial charge in [0.2, 0.25) is 0 Å². The van der Waals surface area contributed by atoms with Crippen molar-refractivity contribution in [3.8, 4) is 11.8 Å². The van der Waals surface area contributed by atoms with E-state index in [1.165, 1.54) is 12.8 Å². The van der Waals surface area contributed by atoms with Crippen LogP contribution < -0.4 is 10.1 Å². The molecule has 1 saturated carbocycles. The number of anilines is 1. The molecule has 1 aliphatic carbocycles. The Morgan fingerprint density at radius 1 is 1.40 bits per heavy atom. The molecule has 0 heterocycles. The first kappa shape index (κ1) is 14.7. The van der Waals surface area contributed by atoms with Crippen molar-refractivity contribution in [2.45, 2.75) is 45.6 Å². The predicted molar refractivity (Wildman–Crippen MR) is 81.8 cm³/mol. The van der Waals surface area contributed by atoms with Gasteiger partial charge in [-0.1, -0.05) is 19.9 Å². The maximum absolute atomic E-state index is 8.49. The first-order valence-electron chi connectivity index (χ1n) is 7.55. The van der Waals surface area contributed by atoms with Crippen LogP contribution in [0.5, 0.6) is 5.75 Å². The van der Waals surface area contributed by atoms with Crippen molar-refractivity contribution < 1.29 is 4.74 Å². The smallest absolute Gasteiger partial charge is 0.121 e. The third kappa shape index (κ3) is 4.16. The lowest BCUT2D eigenvalue weighted by molar-refractivity contribution is 0.212. The monoisotopic (exact) mass is 272 g/mol. The quantitative estimate of drug-likeness (QED) is 0.756. The Morgan fingerprint density at radius 2 is 2.20 bits per heavy atom. The van der Waals surface area contributed by atoms with Gasteiger partial charge in [0.05, 0.1) is 12.7 Å². The fraction of sp³-hybridized carbons (Fsp3) is 0.588. The Kier molecular flexibility index (Phi) is 5.29. The normalized spacial score (nSPS) is 21.1. The second kappa shape index (κ2) is 7.19. The zero-order valence-electron chi connectivity index (χ0n) is 12.4. The van der Waals surface area contributed by atoms with Crippen LogP contribution in [-0.4, -0.2) is 12.6 Å². The van der Waals surface area contributed by atoms with Gasteiger partial charge in [-0.05, 0) is 43.2 Å². The van der Waals surface area contributed by atoms with Gasteiger partial charge in [-0.15, -0.1) is 0 Å². The largest absolute Gasteiger partial charge is 0.493 e. The molecular weight excluding hydrogens is 248 g/mol. The summed E-state index contributed by atoms with van der Waals surface area (Å²) in [7, 11) is 0. The summed E-state index contributed by atoms with van der Waals surface area (Å²) in [6, 6.07) is 10.9. The van der Waals surface area contributed by atoms with Crippen LogP contribution in [0, 0.1) is 23.2 Å². The van der Waals surface area contributed by atoms with E-state index < -0.39 is 0 Å². The number of benzene rings is 1. The number of nitriles is 1. The fourth-order valence-electron chi connectivity index (χ4n) is 2.58. The minimum Gasteiger partial charge on any atom is -0.493 e. The van der Waals surface area contributed by atoms with E-state index in [1.54, 1.807) is 0 Å². The lowest BCUT2D eigenvalue weighted by Gasteiger charge is -2.39. The minimum atomic E-state index is 0.552. The van der Waals surface area contributed by atoms with E-state index in [0.29, 0.717) is 19.1 Å². The molecule has 0 amide bonds. The van der Waals surface area contributed by atoms with Crippen LogP contribution in [0.15, 0.2) is 24.3 Å². The van der Waals surface area contributed by atoms with Gasteiger partial charge in [0.1, 0.15) is 5.75 Å². The van der Waals surface area contributed by atoms with Crippen molar-refractivity contribution in [2.24, 2.45) is 11.8 Å². The highest BCUT2D eigenvalue weighted by Crippen LogP contribution is 2.35. The maximum atomic E-state index is 8.49. The van der Waals surface area contributed by atoms with Gasteiger partial charge in [-0.25, -0.2) is 0 Å². The molecule has 0 aliphatic heterocycles. The van der Waals surface area contributed by atoms with Gasteiger partial charge in [-0.2, -0.15) is 5.26 Å². The zero-order chi connectivity index (χ0) is 14.4. The van der Waals surface area contributed by atoms with Crippen LogP contribution >= 0.6 is 0 Å². The third-order valence-electron chi connectivity index (χ3n) is 4.02. The lowest BCUT2D eigenvalue weighted by atomic mass is 9.73. The van der Waals surface area contributed by atoms with Crippen LogP contribution in [0.3, 0.4) is 0 Å². The van der Waals surface area contributed by atoms with E-state index in [-0.39, 0.29) is 0 Å². The van der Waals surface area contributed by atoms with E-state index in [1.807, 2.05) is 12.1 Å². The molecule has 1 aromatic rings. The maximum Gasteiger partial charge on any atom is 0.121 e. The summed E-state index contributed by atoms with van der Waals surface area (Å²) in [5, 5.41) is 12.1. The summed E-state index contributed by atoms with van der Waals surface area (Å²) in [5.74, 6) is 2.55. The molecule has 0 aromatic heterocycles. The Labute approximate surface area is 121 Å². The number of hydrogen-bond acceptors (Lipinski definition) is 3. The SMILES string of the molecule is CC(C)C1CC(Nc2cccc(OCCCC#N)c2)C1. The van der Waals surface area contributed by atoms with Gasteiger partial charge in [0.25, 0.3) is 0 Å². The Balaban J connectivity index is 1.77. The summed E-state index contributed by atoms with van der Waals surface area (Å²) >= 11 is 0. The fourth-order valence-corrected chi connectivity index (χ4v) is 2.58. The summed E-state index contributed by atoms with van der Waals surface area (Å²) in [6.45, 7) is 5.21. The Morgan fingerprint density at radius 3 is 2.90 bits per heavy atom. The van der Waals surface area contributed by atoms with Gasteiger partial charge in [-0.3, -0.25) is 0 Å². The lowest BCUT2D eigenvalue weighted by Crippen LogP contribution is -2.37. The molecule has 108 valence electrons. The molecule has 20 heavy (non-hydrogen) atoms. The number of hydrogen-bond donors (Lipinski definition) is 1. The van der Waals surface area contributed by atoms with E-state index in [0.717, 1.165) is 29.7 Å². The zero-order valence-corrected chi connectivity index (χ0v) is 12.4. The van der Waals surface area contributed by atoms with Crippen molar-refractivity contribution in [2.75, 3.05) is 11.9 Å². The van der Waals surface area contributed by atoms with Gasteiger partial charge in [0, 0.05) is 24.2 Å². The standard InChI is InChI=1S/C17H24N2O/c1-13(2)14-10-16(11-14)19-15-6-5-7-17(12-15)20-9-4-3-8-18/h5-7,12-14,16,19H,3-4,9-11H2,1-2H3. The molecule has 0 unspecified atom stereocenters. The van der Waals surface area contributed by atoms with Crippen LogP contribution in [0.1, 0.15) is 39.5 Å². The number of nitrogens with zero attached hydrogens (tertiary/aromatic N) is 1. The number of unbranched alkanes of at least 4 members (excludes halogenated alkanes) is 1. The van der Waals surface area contributed by atoms with E-state index in [9.17, 15) is 0 Å². The number of nitrogens with one attached hydrogen (secondary N) is 1. The molecule has 1 N–H and O–H groups in total. The van der Waals surface area contributed by atoms with E-state index in [4.69, 9.17) is 10.00 Å². The van der Waals surface area contributed by atoms with Crippen LogP contribution in [0.25, 0.3) is 0 Å². The van der Waals surface area contributed by atoms with Crippen LogP contribution in [0.4, 0.5) is 5.69 Å². The average molecular weight is 272 g/mol. The predicted octanol–water partition coefficient (Wildman–Crippen LogP) is 4.22. The second-order valence-electron chi connectivity index (χ2n) is 5.95. The number of rotatable bonds is 7. The van der Waals surface area contributed by atoms with Crippen molar-refractivity contribution >= 4 is 5.69 Å². The second-order valence-corrected chi connectivity index (χ2v) is 5.95. The van der Waals surface area contributed by atoms with Crippen molar-refractivity contribution in [1.29, 1.82) is 5.26 Å². The Hall–Kier alpha value is -1.69. The molecule has 0 saturated heterocycles. The topological polar surface area (TPSA) is 45.0 Å². The van der Waals surface area contributed by atoms with E-state index >= 15 is 0 Å².